The average Bonchev–Trinajstić information content (AvgIpc) is 2.49. The highest BCUT2D eigenvalue weighted by atomic mass is 16.3. The van der Waals surface area contributed by atoms with Gasteiger partial charge < -0.3 is 10.0 Å². The summed E-state index contributed by atoms with van der Waals surface area (Å²) in [6.45, 7) is 2.51. The van der Waals surface area contributed by atoms with E-state index < -0.39 is 0 Å². The number of hydrogen-bond acceptors (Lipinski definition) is 2. The van der Waals surface area contributed by atoms with Crippen LogP contribution in [-0.4, -0.2) is 36.8 Å². The summed E-state index contributed by atoms with van der Waals surface area (Å²) in [5, 5.41) is 12.1. The number of aliphatic hydroxyl groups excluding tert-OH is 1. The molecular weight excluding hydrogens is 246 g/mol. The van der Waals surface area contributed by atoms with Crippen LogP contribution in [0.15, 0.2) is 42.5 Å². The van der Waals surface area contributed by atoms with E-state index in [1.54, 1.807) is 0 Å². The smallest absolute Gasteiger partial charge is 0.0439 e. The highest BCUT2D eigenvalue weighted by Gasteiger charge is 2.34. The van der Waals surface area contributed by atoms with Gasteiger partial charge in [0.2, 0.25) is 0 Å². The van der Waals surface area contributed by atoms with Gasteiger partial charge in [-0.05, 0) is 61.2 Å². The number of nitrogens with zero attached hydrogens (tertiary/aromatic N) is 1. The molecule has 1 heterocycles. The summed E-state index contributed by atoms with van der Waals surface area (Å²) >= 11 is 0. The molecule has 0 bridgehead atoms. The summed E-state index contributed by atoms with van der Waals surface area (Å²) in [6.07, 6.45) is 3.16. The lowest BCUT2D eigenvalue weighted by atomic mass is 9.70. The molecule has 0 amide bonds. The normalized spacial score (nSPS) is 19.3. The van der Waals surface area contributed by atoms with E-state index in [-0.39, 0.29) is 12.0 Å². The lowest BCUT2D eigenvalue weighted by Gasteiger charge is -2.41. The lowest BCUT2D eigenvalue weighted by Crippen LogP contribution is -2.41. The van der Waals surface area contributed by atoms with Crippen molar-refractivity contribution in [2.24, 2.45) is 0 Å². The number of hydrogen-bond donors (Lipinski definition) is 1. The molecule has 0 aliphatic carbocycles. The minimum Gasteiger partial charge on any atom is -0.396 e. The lowest BCUT2D eigenvalue weighted by molar-refractivity contribution is 0.149. The summed E-state index contributed by atoms with van der Waals surface area (Å²) in [5.41, 5.74) is 1.56. The Morgan fingerprint density at radius 2 is 1.75 bits per heavy atom. The topological polar surface area (TPSA) is 23.5 Å². The zero-order valence-electron chi connectivity index (χ0n) is 12.2. The van der Waals surface area contributed by atoms with E-state index in [2.05, 4.69) is 54.4 Å². The van der Waals surface area contributed by atoms with Crippen LogP contribution in [0.3, 0.4) is 0 Å². The number of fused-ring (bicyclic) bond motifs is 1. The van der Waals surface area contributed by atoms with Crippen molar-refractivity contribution < 1.29 is 5.11 Å². The standard InChI is InChI=1S/C18H23NO/c1-19-11-8-18(9-12-19,10-13-20)17-7-6-15-4-2-3-5-16(15)14-17/h2-7,14,20H,8-13H2,1H3. The Bertz CT molecular complexity index is 585. The van der Waals surface area contributed by atoms with E-state index in [9.17, 15) is 5.11 Å². The van der Waals surface area contributed by atoms with Crippen LogP contribution in [0.4, 0.5) is 0 Å². The van der Waals surface area contributed by atoms with E-state index >= 15 is 0 Å². The second kappa shape index (κ2) is 5.55. The molecule has 20 heavy (non-hydrogen) atoms. The molecule has 0 spiro atoms. The highest BCUT2D eigenvalue weighted by Crippen LogP contribution is 2.39. The number of benzene rings is 2. The predicted molar refractivity (Wildman–Crippen MR) is 84.1 cm³/mol. The SMILES string of the molecule is CN1CCC(CCO)(c2ccc3ccccc3c2)CC1. The van der Waals surface area contributed by atoms with Crippen molar-refractivity contribution in [3.05, 3.63) is 48.0 Å². The number of piperidine rings is 1. The molecule has 2 aromatic rings. The van der Waals surface area contributed by atoms with E-state index in [0.29, 0.717) is 0 Å². The third-order valence-electron chi connectivity index (χ3n) is 4.90. The van der Waals surface area contributed by atoms with Crippen LogP contribution >= 0.6 is 0 Å². The maximum Gasteiger partial charge on any atom is 0.0439 e. The average molecular weight is 269 g/mol. The Morgan fingerprint density at radius 3 is 2.45 bits per heavy atom. The van der Waals surface area contributed by atoms with Crippen LogP contribution in [0.1, 0.15) is 24.8 Å². The molecule has 2 nitrogen and oxygen atoms in total. The maximum absolute atomic E-state index is 9.51. The van der Waals surface area contributed by atoms with Crippen LogP contribution < -0.4 is 0 Å². The zero-order valence-corrected chi connectivity index (χ0v) is 12.2. The molecule has 1 N–H and O–H groups in total. The maximum atomic E-state index is 9.51. The second-order valence-electron chi connectivity index (χ2n) is 6.12. The van der Waals surface area contributed by atoms with Gasteiger partial charge in [0.05, 0.1) is 0 Å². The quantitative estimate of drug-likeness (QED) is 0.925. The van der Waals surface area contributed by atoms with Crippen molar-refractivity contribution in [2.75, 3.05) is 26.7 Å². The van der Waals surface area contributed by atoms with Crippen molar-refractivity contribution >= 4 is 10.8 Å². The highest BCUT2D eigenvalue weighted by molar-refractivity contribution is 5.83. The van der Waals surface area contributed by atoms with Crippen LogP contribution in [0.5, 0.6) is 0 Å². The van der Waals surface area contributed by atoms with Crippen LogP contribution in [-0.2, 0) is 5.41 Å². The van der Waals surface area contributed by atoms with Gasteiger partial charge in [0.25, 0.3) is 0 Å². The van der Waals surface area contributed by atoms with Gasteiger partial charge in [0.15, 0.2) is 0 Å². The van der Waals surface area contributed by atoms with Gasteiger partial charge in [-0.2, -0.15) is 0 Å². The molecule has 0 saturated carbocycles. The largest absolute Gasteiger partial charge is 0.396 e. The van der Waals surface area contributed by atoms with Crippen LogP contribution in [0, 0.1) is 0 Å². The van der Waals surface area contributed by atoms with Crippen molar-refractivity contribution in [3.63, 3.8) is 0 Å². The third kappa shape index (κ3) is 2.46. The van der Waals surface area contributed by atoms with Crippen molar-refractivity contribution in [1.29, 1.82) is 0 Å². The Hall–Kier alpha value is -1.38. The molecule has 0 atom stereocenters. The van der Waals surface area contributed by atoms with Gasteiger partial charge in [-0.3, -0.25) is 0 Å². The van der Waals surface area contributed by atoms with E-state index in [4.69, 9.17) is 0 Å². The molecule has 106 valence electrons. The molecule has 0 unspecified atom stereocenters. The van der Waals surface area contributed by atoms with Crippen LogP contribution in [0.2, 0.25) is 0 Å². The first kappa shape index (κ1) is 13.6. The van der Waals surface area contributed by atoms with Crippen molar-refractivity contribution in [2.45, 2.75) is 24.7 Å². The van der Waals surface area contributed by atoms with Gasteiger partial charge in [0.1, 0.15) is 0 Å². The van der Waals surface area contributed by atoms with Crippen LogP contribution in [0.25, 0.3) is 10.8 Å². The molecule has 3 rings (SSSR count). The summed E-state index contributed by atoms with van der Waals surface area (Å²) in [7, 11) is 2.18. The van der Waals surface area contributed by atoms with Gasteiger partial charge in [-0.25, -0.2) is 0 Å². The summed E-state index contributed by atoms with van der Waals surface area (Å²) in [5.74, 6) is 0. The fourth-order valence-electron chi connectivity index (χ4n) is 3.46. The Kier molecular flexibility index (Phi) is 3.77. The Balaban J connectivity index is 2.00. The van der Waals surface area contributed by atoms with Gasteiger partial charge >= 0.3 is 0 Å². The molecule has 0 radical (unpaired) electrons. The molecule has 0 aromatic heterocycles. The Labute approximate surface area is 121 Å². The summed E-state index contributed by atoms with van der Waals surface area (Å²) < 4.78 is 0. The molecule has 1 aliphatic heterocycles. The summed E-state index contributed by atoms with van der Waals surface area (Å²) in [6, 6.07) is 15.3. The fraction of sp³-hybridized carbons (Fsp3) is 0.444. The van der Waals surface area contributed by atoms with Gasteiger partial charge in [-0.15, -0.1) is 0 Å². The zero-order chi connectivity index (χ0) is 14.0. The number of aliphatic hydroxyl groups is 1. The molecule has 2 aromatic carbocycles. The monoisotopic (exact) mass is 269 g/mol. The first-order valence-electron chi connectivity index (χ1n) is 7.52. The van der Waals surface area contributed by atoms with Crippen molar-refractivity contribution in [1.82, 2.24) is 4.90 Å². The van der Waals surface area contributed by atoms with E-state index in [0.717, 1.165) is 32.4 Å². The molecule has 1 saturated heterocycles. The van der Waals surface area contributed by atoms with E-state index in [1.165, 1.54) is 16.3 Å². The van der Waals surface area contributed by atoms with Gasteiger partial charge in [0, 0.05) is 6.61 Å². The first-order chi connectivity index (χ1) is 9.73. The predicted octanol–water partition coefficient (Wildman–Crippen LogP) is 3.19. The Morgan fingerprint density at radius 1 is 1.05 bits per heavy atom. The molecule has 1 aliphatic rings. The minimum absolute atomic E-state index is 0.158. The third-order valence-corrected chi connectivity index (χ3v) is 4.90. The molecular formula is C18H23NO. The number of rotatable bonds is 3. The van der Waals surface area contributed by atoms with Crippen molar-refractivity contribution in [3.8, 4) is 0 Å². The summed E-state index contributed by atoms with van der Waals surface area (Å²) in [4.78, 5) is 2.39. The van der Waals surface area contributed by atoms with E-state index in [1.807, 2.05) is 0 Å². The molecule has 2 heteroatoms. The first-order valence-corrected chi connectivity index (χ1v) is 7.52. The second-order valence-corrected chi connectivity index (χ2v) is 6.12. The minimum atomic E-state index is 0.158. The molecule has 1 fully saturated rings. The fourth-order valence-corrected chi connectivity index (χ4v) is 3.46. The van der Waals surface area contributed by atoms with Gasteiger partial charge in [-0.1, -0.05) is 42.5 Å². The number of likely N-dealkylation sites (tertiary alicyclic amines) is 1.